The Kier molecular flexibility index (Phi) is 6.56. The summed E-state index contributed by atoms with van der Waals surface area (Å²) in [5.74, 6) is -0.403. The van der Waals surface area contributed by atoms with E-state index in [0.29, 0.717) is 17.3 Å². The van der Waals surface area contributed by atoms with Crippen LogP contribution in [0.5, 0.6) is 0 Å². The number of nitrogens with zero attached hydrogens (tertiary/aromatic N) is 1. The summed E-state index contributed by atoms with van der Waals surface area (Å²) in [5, 5.41) is 3.26. The van der Waals surface area contributed by atoms with Crippen LogP contribution in [-0.2, 0) is 21.4 Å². The molecular weight excluding hydrogens is 408 g/mol. The van der Waals surface area contributed by atoms with Gasteiger partial charge in [0.15, 0.2) is 0 Å². The Bertz CT molecular complexity index is 1070. The van der Waals surface area contributed by atoms with Gasteiger partial charge in [-0.2, -0.15) is 0 Å². The van der Waals surface area contributed by atoms with Crippen molar-refractivity contribution >= 4 is 33.2 Å². The molecule has 0 aliphatic carbocycles. The molecule has 1 N–H and O–H groups in total. The van der Waals surface area contributed by atoms with E-state index in [1.165, 1.54) is 12.1 Å². The quantitative estimate of drug-likeness (QED) is 0.614. The Morgan fingerprint density at radius 1 is 0.931 bits per heavy atom. The van der Waals surface area contributed by atoms with E-state index in [1.807, 2.05) is 31.2 Å². The van der Waals surface area contributed by atoms with Crippen molar-refractivity contribution in [3.05, 3.63) is 95.0 Å². The van der Waals surface area contributed by atoms with E-state index in [0.717, 1.165) is 15.4 Å². The highest BCUT2D eigenvalue weighted by Crippen LogP contribution is 2.25. The standard InChI is InChI=1S/C22H21ClN2O3S/c1-17-7-9-18(10-8-17)15-24-22(26)16-25(20-13-11-19(23)12-14-20)29(27,28)21-5-3-2-4-6-21/h2-14H,15-16H2,1H3,(H,24,26). The van der Waals surface area contributed by atoms with Crippen molar-refractivity contribution in [2.75, 3.05) is 10.8 Å². The molecule has 0 aromatic heterocycles. The number of amides is 1. The molecular formula is C22H21ClN2O3S. The average molecular weight is 429 g/mol. The van der Waals surface area contributed by atoms with Crippen LogP contribution in [-0.4, -0.2) is 20.9 Å². The molecule has 29 heavy (non-hydrogen) atoms. The predicted octanol–water partition coefficient (Wildman–Crippen LogP) is 4.16. The molecule has 0 aliphatic rings. The third-order valence-electron chi connectivity index (χ3n) is 4.34. The zero-order chi connectivity index (χ0) is 20.9. The first-order valence-electron chi connectivity index (χ1n) is 9.02. The minimum absolute atomic E-state index is 0.112. The second-order valence-corrected chi connectivity index (χ2v) is 8.86. The summed E-state index contributed by atoms with van der Waals surface area (Å²) in [5.41, 5.74) is 2.43. The zero-order valence-corrected chi connectivity index (χ0v) is 17.5. The molecule has 150 valence electrons. The molecule has 0 bridgehead atoms. The van der Waals surface area contributed by atoms with E-state index >= 15 is 0 Å². The minimum Gasteiger partial charge on any atom is -0.350 e. The van der Waals surface area contributed by atoms with E-state index in [2.05, 4.69) is 5.32 Å². The largest absolute Gasteiger partial charge is 0.350 e. The Morgan fingerprint density at radius 2 is 1.55 bits per heavy atom. The maximum absolute atomic E-state index is 13.2. The van der Waals surface area contributed by atoms with Crippen molar-refractivity contribution in [1.82, 2.24) is 5.32 Å². The molecule has 0 aliphatic heterocycles. The number of hydrogen-bond donors (Lipinski definition) is 1. The molecule has 0 fully saturated rings. The van der Waals surface area contributed by atoms with Crippen LogP contribution < -0.4 is 9.62 Å². The SMILES string of the molecule is Cc1ccc(CNC(=O)CN(c2ccc(Cl)cc2)S(=O)(=O)c2ccccc2)cc1. The lowest BCUT2D eigenvalue weighted by Crippen LogP contribution is -2.40. The van der Waals surface area contributed by atoms with Crippen molar-refractivity contribution in [3.63, 3.8) is 0 Å². The lowest BCUT2D eigenvalue weighted by atomic mass is 10.1. The van der Waals surface area contributed by atoms with Crippen LogP contribution in [0.2, 0.25) is 5.02 Å². The summed E-state index contributed by atoms with van der Waals surface area (Å²) in [4.78, 5) is 12.7. The Hall–Kier alpha value is -2.83. The van der Waals surface area contributed by atoms with Gasteiger partial charge in [-0.15, -0.1) is 0 Å². The number of anilines is 1. The molecule has 3 aromatic carbocycles. The van der Waals surface area contributed by atoms with Gasteiger partial charge >= 0.3 is 0 Å². The van der Waals surface area contributed by atoms with Crippen molar-refractivity contribution < 1.29 is 13.2 Å². The van der Waals surface area contributed by atoms with Gasteiger partial charge in [0, 0.05) is 11.6 Å². The fraction of sp³-hybridized carbons (Fsp3) is 0.136. The van der Waals surface area contributed by atoms with Crippen molar-refractivity contribution in [2.24, 2.45) is 0 Å². The van der Waals surface area contributed by atoms with E-state index in [1.54, 1.807) is 42.5 Å². The number of aryl methyl sites for hydroxylation is 1. The van der Waals surface area contributed by atoms with Crippen LogP contribution in [0, 0.1) is 6.92 Å². The smallest absolute Gasteiger partial charge is 0.264 e. The number of halogens is 1. The van der Waals surface area contributed by atoms with E-state index in [-0.39, 0.29) is 11.4 Å². The predicted molar refractivity (Wildman–Crippen MR) is 115 cm³/mol. The fourth-order valence-corrected chi connectivity index (χ4v) is 4.30. The van der Waals surface area contributed by atoms with Crippen molar-refractivity contribution in [3.8, 4) is 0 Å². The topological polar surface area (TPSA) is 66.5 Å². The van der Waals surface area contributed by atoms with Gasteiger partial charge in [-0.3, -0.25) is 9.10 Å². The summed E-state index contributed by atoms with van der Waals surface area (Å²) in [6.07, 6.45) is 0. The molecule has 5 nitrogen and oxygen atoms in total. The fourth-order valence-electron chi connectivity index (χ4n) is 2.74. The summed E-state index contributed by atoms with van der Waals surface area (Å²) >= 11 is 5.93. The number of nitrogens with one attached hydrogen (secondary N) is 1. The van der Waals surface area contributed by atoms with Gasteiger partial charge < -0.3 is 5.32 Å². The normalized spacial score (nSPS) is 11.1. The van der Waals surface area contributed by atoms with Crippen LogP contribution in [0.1, 0.15) is 11.1 Å². The molecule has 0 unspecified atom stereocenters. The molecule has 1 amide bonds. The number of benzene rings is 3. The highest BCUT2D eigenvalue weighted by Gasteiger charge is 2.27. The first-order valence-corrected chi connectivity index (χ1v) is 10.8. The summed E-state index contributed by atoms with van der Waals surface area (Å²) in [7, 11) is -3.92. The molecule has 0 atom stereocenters. The van der Waals surface area contributed by atoms with Gasteiger partial charge in [0.1, 0.15) is 6.54 Å². The molecule has 0 radical (unpaired) electrons. The molecule has 3 aromatic rings. The van der Waals surface area contributed by atoms with Crippen molar-refractivity contribution in [1.29, 1.82) is 0 Å². The lowest BCUT2D eigenvalue weighted by Gasteiger charge is -2.24. The van der Waals surface area contributed by atoms with Gasteiger partial charge in [0.2, 0.25) is 5.91 Å². The average Bonchev–Trinajstić information content (AvgIpc) is 2.73. The van der Waals surface area contributed by atoms with Crippen molar-refractivity contribution in [2.45, 2.75) is 18.4 Å². The first kappa shape index (κ1) is 20.9. The lowest BCUT2D eigenvalue weighted by molar-refractivity contribution is -0.119. The summed E-state index contributed by atoms with van der Waals surface area (Å²) in [6.45, 7) is 1.96. The van der Waals surface area contributed by atoms with Crippen LogP contribution >= 0.6 is 11.6 Å². The second-order valence-electron chi connectivity index (χ2n) is 6.56. The third-order valence-corrected chi connectivity index (χ3v) is 6.38. The second kappa shape index (κ2) is 9.11. The Balaban J connectivity index is 1.82. The molecule has 3 rings (SSSR count). The van der Waals surface area contributed by atoms with Crippen LogP contribution in [0.3, 0.4) is 0 Å². The van der Waals surface area contributed by atoms with Crippen LogP contribution in [0.25, 0.3) is 0 Å². The van der Waals surface area contributed by atoms with E-state index in [4.69, 9.17) is 11.6 Å². The Morgan fingerprint density at radius 3 is 2.17 bits per heavy atom. The molecule has 7 heteroatoms. The number of carbonyl (C=O) groups excluding carboxylic acids is 1. The van der Waals surface area contributed by atoms with Crippen LogP contribution in [0.15, 0.2) is 83.8 Å². The number of sulfonamides is 1. The van der Waals surface area contributed by atoms with Crippen LogP contribution in [0.4, 0.5) is 5.69 Å². The number of hydrogen-bond acceptors (Lipinski definition) is 3. The third kappa shape index (κ3) is 5.37. The molecule has 0 saturated carbocycles. The highest BCUT2D eigenvalue weighted by atomic mass is 35.5. The number of carbonyl (C=O) groups is 1. The monoisotopic (exact) mass is 428 g/mol. The first-order chi connectivity index (χ1) is 13.9. The van der Waals surface area contributed by atoms with Gasteiger partial charge in [-0.1, -0.05) is 59.6 Å². The van der Waals surface area contributed by atoms with Gasteiger partial charge in [0.25, 0.3) is 10.0 Å². The number of rotatable bonds is 7. The van der Waals surface area contributed by atoms with E-state index < -0.39 is 15.9 Å². The molecule has 0 heterocycles. The Labute approximate surface area is 176 Å². The maximum Gasteiger partial charge on any atom is 0.264 e. The van der Waals surface area contributed by atoms with Gasteiger partial charge in [-0.25, -0.2) is 8.42 Å². The summed E-state index contributed by atoms with van der Waals surface area (Å²) in [6, 6.07) is 22.1. The van der Waals surface area contributed by atoms with Gasteiger partial charge in [-0.05, 0) is 48.9 Å². The van der Waals surface area contributed by atoms with E-state index in [9.17, 15) is 13.2 Å². The summed E-state index contributed by atoms with van der Waals surface area (Å²) < 4.78 is 27.4. The molecule has 0 spiro atoms. The maximum atomic E-state index is 13.2. The molecule has 0 saturated heterocycles. The van der Waals surface area contributed by atoms with Gasteiger partial charge in [0.05, 0.1) is 10.6 Å². The minimum atomic E-state index is -3.92. The zero-order valence-electron chi connectivity index (χ0n) is 15.9. The highest BCUT2D eigenvalue weighted by molar-refractivity contribution is 7.92.